The summed E-state index contributed by atoms with van der Waals surface area (Å²) in [7, 11) is 3.22. The first-order valence-corrected chi connectivity index (χ1v) is 8.79. The van der Waals surface area contributed by atoms with E-state index in [0.717, 1.165) is 35.7 Å². The van der Waals surface area contributed by atoms with Crippen LogP contribution in [0.15, 0.2) is 36.4 Å². The third-order valence-corrected chi connectivity index (χ3v) is 4.16. The lowest BCUT2D eigenvalue weighted by molar-refractivity contribution is -0.142. The largest absolute Gasteiger partial charge is 0.493 e. The zero-order valence-corrected chi connectivity index (χ0v) is 15.6. The van der Waals surface area contributed by atoms with Crippen LogP contribution in [0.1, 0.15) is 23.7 Å². The molecule has 6 heteroatoms. The Morgan fingerprint density at radius 3 is 2.58 bits per heavy atom. The van der Waals surface area contributed by atoms with E-state index in [-0.39, 0.29) is 0 Å². The van der Waals surface area contributed by atoms with Gasteiger partial charge in [-0.25, -0.2) is 4.98 Å². The maximum atomic E-state index is 11.4. The van der Waals surface area contributed by atoms with Crippen LogP contribution in [-0.4, -0.2) is 37.8 Å². The standard InChI is InChI=1S/C20H27N3O3/c1-4-15-7-8-16(23-19(15)22-2)11-12-26-17-9-5-14(6-10-17)13-18(21)20(24)25-3/h5-10,18H,4,11-13,21H2,1-3H3,(H,22,23). The third-order valence-electron chi connectivity index (χ3n) is 4.16. The molecule has 0 radical (unpaired) electrons. The zero-order chi connectivity index (χ0) is 18.9. The van der Waals surface area contributed by atoms with Gasteiger partial charge in [-0.2, -0.15) is 0 Å². The van der Waals surface area contributed by atoms with Crippen molar-refractivity contribution < 1.29 is 14.3 Å². The highest BCUT2D eigenvalue weighted by atomic mass is 16.5. The van der Waals surface area contributed by atoms with Crippen molar-refractivity contribution in [3.05, 3.63) is 53.2 Å². The molecule has 0 saturated heterocycles. The van der Waals surface area contributed by atoms with Crippen LogP contribution in [-0.2, 0) is 28.8 Å². The van der Waals surface area contributed by atoms with E-state index in [1.807, 2.05) is 37.4 Å². The second-order valence-electron chi connectivity index (χ2n) is 5.99. The van der Waals surface area contributed by atoms with E-state index in [0.29, 0.717) is 13.0 Å². The van der Waals surface area contributed by atoms with E-state index >= 15 is 0 Å². The van der Waals surface area contributed by atoms with Gasteiger partial charge < -0.3 is 20.5 Å². The summed E-state index contributed by atoms with van der Waals surface area (Å²) in [4.78, 5) is 16.0. The number of aryl methyl sites for hydroxylation is 1. The topological polar surface area (TPSA) is 86.5 Å². The van der Waals surface area contributed by atoms with Crippen LogP contribution in [0.2, 0.25) is 0 Å². The number of anilines is 1. The first kappa shape index (κ1) is 19.7. The van der Waals surface area contributed by atoms with Crippen molar-refractivity contribution in [3.8, 4) is 5.75 Å². The molecule has 1 heterocycles. The molecule has 140 valence electrons. The van der Waals surface area contributed by atoms with E-state index in [1.54, 1.807) is 0 Å². The lowest BCUT2D eigenvalue weighted by Crippen LogP contribution is -2.33. The summed E-state index contributed by atoms with van der Waals surface area (Å²) in [5.74, 6) is 1.29. The first-order chi connectivity index (χ1) is 12.6. The predicted octanol–water partition coefficient (Wildman–Crippen LogP) is 2.35. The van der Waals surface area contributed by atoms with Crippen molar-refractivity contribution in [2.24, 2.45) is 5.73 Å². The molecule has 0 spiro atoms. The maximum absolute atomic E-state index is 11.4. The van der Waals surface area contributed by atoms with Gasteiger partial charge in [-0.15, -0.1) is 0 Å². The number of pyridine rings is 1. The van der Waals surface area contributed by atoms with Crippen LogP contribution >= 0.6 is 0 Å². The Kier molecular flexibility index (Phi) is 7.41. The average molecular weight is 357 g/mol. The van der Waals surface area contributed by atoms with Gasteiger partial charge in [0.25, 0.3) is 0 Å². The van der Waals surface area contributed by atoms with Crippen LogP contribution in [0.5, 0.6) is 5.75 Å². The molecule has 6 nitrogen and oxygen atoms in total. The number of carbonyl (C=O) groups excluding carboxylic acids is 1. The van der Waals surface area contributed by atoms with Gasteiger partial charge in [0.15, 0.2) is 0 Å². The number of ether oxygens (including phenoxy) is 2. The van der Waals surface area contributed by atoms with Gasteiger partial charge in [-0.05, 0) is 42.2 Å². The molecule has 2 rings (SSSR count). The quantitative estimate of drug-likeness (QED) is 0.670. The minimum atomic E-state index is -0.648. The summed E-state index contributed by atoms with van der Waals surface area (Å²) in [6.07, 6.45) is 2.12. The number of esters is 1. The number of hydrogen-bond donors (Lipinski definition) is 2. The fourth-order valence-corrected chi connectivity index (χ4v) is 2.65. The summed E-state index contributed by atoms with van der Waals surface area (Å²) in [5.41, 5.74) is 8.93. The van der Waals surface area contributed by atoms with Crippen molar-refractivity contribution in [2.75, 3.05) is 26.1 Å². The summed E-state index contributed by atoms with van der Waals surface area (Å²) in [6.45, 7) is 2.66. The third kappa shape index (κ3) is 5.46. The highest BCUT2D eigenvalue weighted by Crippen LogP contribution is 2.16. The van der Waals surface area contributed by atoms with Gasteiger partial charge >= 0.3 is 5.97 Å². The van der Waals surface area contributed by atoms with Gasteiger partial charge in [0.2, 0.25) is 0 Å². The van der Waals surface area contributed by atoms with Gasteiger partial charge in [-0.3, -0.25) is 4.79 Å². The second-order valence-corrected chi connectivity index (χ2v) is 5.99. The van der Waals surface area contributed by atoms with Gasteiger partial charge in [-0.1, -0.05) is 25.1 Å². The van der Waals surface area contributed by atoms with Crippen LogP contribution in [0, 0.1) is 0 Å². The van der Waals surface area contributed by atoms with Gasteiger partial charge in [0.05, 0.1) is 13.7 Å². The highest BCUT2D eigenvalue weighted by molar-refractivity contribution is 5.75. The Morgan fingerprint density at radius 1 is 1.23 bits per heavy atom. The number of nitrogens with two attached hydrogens (primary N) is 1. The number of rotatable bonds is 9. The highest BCUT2D eigenvalue weighted by Gasteiger charge is 2.14. The molecule has 1 unspecified atom stereocenters. The maximum Gasteiger partial charge on any atom is 0.322 e. The van der Waals surface area contributed by atoms with Crippen LogP contribution in [0.25, 0.3) is 0 Å². The Hall–Kier alpha value is -2.60. The van der Waals surface area contributed by atoms with Crippen LogP contribution in [0.4, 0.5) is 5.82 Å². The summed E-state index contributed by atoms with van der Waals surface area (Å²) < 4.78 is 10.4. The first-order valence-electron chi connectivity index (χ1n) is 8.79. The molecule has 26 heavy (non-hydrogen) atoms. The molecule has 0 saturated carbocycles. The molecule has 0 aliphatic heterocycles. The predicted molar refractivity (Wildman–Crippen MR) is 102 cm³/mol. The molecular formula is C20H27N3O3. The Labute approximate surface area is 154 Å². The molecule has 0 aliphatic carbocycles. The fraction of sp³-hybridized carbons (Fsp3) is 0.400. The minimum Gasteiger partial charge on any atom is -0.493 e. The summed E-state index contributed by atoms with van der Waals surface area (Å²) in [6, 6.07) is 11.1. The number of carbonyl (C=O) groups is 1. The number of hydrogen-bond acceptors (Lipinski definition) is 6. The van der Waals surface area contributed by atoms with E-state index in [4.69, 9.17) is 10.5 Å². The van der Waals surface area contributed by atoms with Crippen molar-refractivity contribution in [3.63, 3.8) is 0 Å². The number of nitrogens with one attached hydrogen (secondary N) is 1. The lowest BCUT2D eigenvalue weighted by atomic mass is 10.1. The van der Waals surface area contributed by atoms with Crippen molar-refractivity contribution in [2.45, 2.75) is 32.2 Å². The zero-order valence-electron chi connectivity index (χ0n) is 15.6. The smallest absolute Gasteiger partial charge is 0.322 e. The van der Waals surface area contributed by atoms with Gasteiger partial charge in [0.1, 0.15) is 17.6 Å². The van der Waals surface area contributed by atoms with Crippen molar-refractivity contribution in [1.82, 2.24) is 4.98 Å². The number of aromatic nitrogens is 1. The molecule has 0 aliphatic rings. The second kappa shape index (κ2) is 9.77. The average Bonchev–Trinajstić information content (AvgIpc) is 2.68. The number of benzene rings is 1. The Morgan fingerprint density at radius 2 is 1.96 bits per heavy atom. The molecular weight excluding hydrogens is 330 g/mol. The van der Waals surface area contributed by atoms with Gasteiger partial charge in [0, 0.05) is 19.2 Å². The van der Waals surface area contributed by atoms with Crippen LogP contribution in [0.3, 0.4) is 0 Å². The molecule has 0 bridgehead atoms. The van der Waals surface area contributed by atoms with E-state index < -0.39 is 12.0 Å². The Balaban J connectivity index is 1.85. The molecule has 3 N–H and O–H groups in total. The van der Waals surface area contributed by atoms with Crippen LogP contribution < -0.4 is 15.8 Å². The lowest BCUT2D eigenvalue weighted by Gasteiger charge is -2.11. The molecule has 1 atom stereocenters. The van der Waals surface area contributed by atoms with E-state index in [9.17, 15) is 4.79 Å². The minimum absolute atomic E-state index is 0.409. The number of methoxy groups -OCH3 is 1. The Bertz CT molecular complexity index is 717. The monoisotopic (exact) mass is 357 g/mol. The van der Waals surface area contributed by atoms with E-state index in [1.165, 1.54) is 12.7 Å². The molecule has 0 amide bonds. The fourth-order valence-electron chi connectivity index (χ4n) is 2.65. The summed E-state index contributed by atoms with van der Waals surface area (Å²) >= 11 is 0. The molecule has 2 aromatic rings. The summed E-state index contributed by atoms with van der Waals surface area (Å²) in [5, 5.41) is 3.13. The normalized spacial score (nSPS) is 11.7. The van der Waals surface area contributed by atoms with Crippen molar-refractivity contribution >= 4 is 11.8 Å². The van der Waals surface area contributed by atoms with Crippen molar-refractivity contribution in [1.29, 1.82) is 0 Å². The molecule has 1 aromatic carbocycles. The molecule has 0 fully saturated rings. The molecule has 1 aromatic heterocycles. The number of nitrogens with zero attached hydrogens (tertiary/aromatic N) is 1. The van der Waals surface area contributed by atoms with E-state index in [2.05, 4.69) is 28.0 Å². The SMILES string of the molecule is CCc1ccc(CCOc2ccc(CC(N)C(=O)OC)cc2)nc1NC.